The van der Waals surface area contributed by atoms with E-state index in [1.165, 1.54) is 24.8 Å². The molecule has 0 amide bonds. The molecule has 1 aromatic rings. The first-order valence-electron chi connectivity index (χ1n) is 8.72. The van der Waals surface area contributed by atoms with Crippen LogP contribution in [0.4, 0.5) is 5.69 Å². The van der Waals surface area contributed by atoms with Crippen LogP contribution in [0.3, 0.4) is 0 Å². The number of nitrogens with one attached hydrogen (secondary N) is 4. The van der Waals surface area contributed by atoms with E-state index in [1.807, 2.05) is 18.2 Å². The van der Waals surface area contributed by atoms with Gasteiger partial charge in [-0.2, -0.15) is 0 Å². The number of rotatable bonds is 3. The number of para-hydroxylation sites is 1. The summed E-state index contributed by atoms with van der Waals surface area (Å²) in [6, 6.07) is 8.57. The number of aryl methyl sites for hydroxylation is 1. The monoisotopic (exact) mass is 364 g/mol. The van der Waals surface area contributed by atoms with Gasteiger partial charge in [0.15, 0.2) is 10.2 Å². The molecule has 1 fully saturated rings. The summed E-state index contributed by atoms with van der Waals surface area (Å²) in [5.41, 5.74) is 8.20. The second kappa shape index (κ2) is 9.18. The highest BCUT2D eigenvalue weighted by molar-refractivity contribution is 7.80. The average molecular weight is 365 g/mol. The van der Waals surface area contributed by atoms with Crippen LogP contribution in [0.25, 0.3) is 0 Å². The Bertz CT molecular complexity index is 576. The molecule has 0 heterocycles. The van der Waals surface area contributed by atoms with Crippen LogP contribution < -0.4 is 21.5 Å². The van der Waals surface area contributed by atoms with Crippen molar-refractivity contribution in [3.05, 3.63) is 29.8 Å². The van der Waals surface area contributed by atoms with Gasteiger partial charge >= 0.3 is 0 Å². The van der Waals surface area contributed by atoms with Crippen molar-refractivity contribution in [1.29, 1.82) is 0 Å². The normalized spacial score (nSPS) is 23.2. The van der Waals surface area contributed by atoms with Gasteiger partial charge in [0.1, 0.15) is 0 Å². The smallest absolute Gasteiger partial charge is 0.189 e. The summed E-state index contributed by atoms with van der Waals surface area (Å²) in [7, 11) is 0. The van der Waals surface area contributed by atoms with Crippen molar-refractivity contribution in [2.75, 3.05) is 5.32 Å². The van der Waals surface area contributed by atoms with E-state index in [0.29, 0.717) is 22.2 Å². The fourth-order valence-electron chi connectivity index (χ4n) is 3.21. The molecule has 0 spiro atoms. The zero-order valence-corrected chi connectivity index (χ0v) is 16.3. The van der Waals surface area contributed by atoms with Gasteiger partial charge in [-0.3, -0.25) is 10.9 Å². The number of hydrogen-bond acceptors (Lipinski definition) is 2. The van der Waals surface area contributed by atoms with Crippen LogP contribution in [0.1, 0.15) is 45.6 Å². The lowest BCUT2D eigenvalue weighted by Crippen LogP contribution is -2.53. The molecule has 0 radical (unpaired) electrons. The number of thiocarbonyl (C=S) groups is 2. The highest BCUT2D eigenvalue weighted by atomic mass is 32.1. The van der Waals surface area contributed by atoms with Gasteiger partial charge in [0, 0.05) is 11.7 Å². The molecule has 1 aliphatic carbocycles. The third-order valence-corrected chi connectivity index (χ3v) is 5.38. The minimum atomic E-state index is 0.429. The third-order valence-electron chi connectivity index (χ3n) is 4.96. The van der Waals surface area contributed by atoms with Crippen molar-refractivity contribution >= 4 is 40.3 Å². The second-order valence-electron chi connectivity index (χ2n) is 6.56. The highest BCUT2D eigenvalue weighted by Gasteiger charge is 2.27. The van der Waals surface area contributed by atoms with E-state index in [0.717, 1.165) is 18.0 Å². The second-order valence-corrected chi connectivity index (χ2v) is 7.38. The molecule has 1 aliphatic rings. The maximum atomic E-state index is 5.39. The van der Waals surface area contributed by atoms with Crippen molar-refractivity contribution in [2.24, 2.45) is 11.8 Å². The standard InChI is InChI=1S/C18H28N4S2/c1-4-14-9-5-6-10-16(14)20-18(24)22-21-17(23)19-15-11-7-8-12(2)13(15)3/h5-6,9-10,12-13,15H,4,7-8,11H2,1-3H3,(H2,19,21,23)(H2,20,22,24)/t12-,13-,15+/m0/s1. The summed E-state index contributed by atoms with van der Waals surface area (Å²) in [4.78, 5) is 0. The summed E-state index contributed by atoms with van der Waals surface area (Å²) in [5, 5.41) is 7.71. The van der Waals surface area contributed by atoms with Crippen molar-refractivity contribution in [2.45, 2.75) is 52.5 Å². The Morgan fingerprint density at radius 2 is 1.79 bits per heavy atom. The third kappa shape index (κ3) is 5.31. The maximum Gasteiger partial charge on any atom is 0.189 e. The lowest BCUT2D eigenvalue weighted by atomic mass is 9.78. The van der Waals surface area contributed by atoms with Crippen LogP contribution in [-0.2, 0) is 6.42 Å². The fraction of sp³-hybridized carbons (Fsp3) is 0.556. The zero-order valence-electron chi connectivity index (χ0n) is 14.7. The van der Waals surface area contributed by atoms with Gasteiger partial charge in [0.2, 0.25) is 0 Å². The Balaban J connectivity index is 1.78. The first-order valence-corrected chi connectivity index (χ1v) is 9.54. The van der Waals surface area contributed by atoms with Gasteiger partial charge in [-0.1, -0.05) is 51.8 Å². The number of hydrazine groups is 1. The summed E-state index contributed by atoms with van der Waals surface area (Å²) >= 11 is 10.7. The average Bonchev–Trinajstić information content (AvgIpc) is 2.58. The minimum absolute atomic E-state index is 0.429. The van der Waals surface area contributed by atoms with Gasteiger partial charge < -0.3 is 10.6 Å². The largest absolute Gasteiger partial charge is 0.358 e. The predicted octanol–water partition coefficient (Wildman–Crippen LogP) is 3.74. The van der Waals surface area contributed by atoms with Crippen LogP contribution in [0.2, 0.25) is 0 Å². The van der Waals surface area contributed by atoms with E-state index in [-0.39, 0.29) is 0 Å². The topological polar surface area (TPSA) is 48.1 Å². The fourth-order valence-corrected chi connectivity index (χ4v) is 3.57. The maximum absolute atomic E-state index is 5.39. The van der Waals surface area contributed by atoms with Crippen molar-refractivity contribution in [1.82, 2.24) is 16.2 Å². The Morgan fingerprint density at radius 3 is 2.54 bits per heavy atom. The highest BCUT2D eigenvalue weighted by Crippen LogP contribution is 2.29. The lowest BCUT2D eigenvalue weighted by molar-refractivity contribution is 0.224. The van der Waals surface area contributed by atoms with Gasteiger partial charge in [-0.15, -0.1) is 0 Å². The molecule has 2 rings (SSSR count). The van der Waals surface area contributed by atoms with E-state index >= 15 is 0 Å². The van der Waals surface area contributed by atoms with Crippen molar-refractivity contribution in [3.63, 3.8) is 0 Å². The van der Waals surface area contributed by atoms with Crippen LogP contribution >= 0.6 is 24.4 Å². The Morgan fingerprint density at radius 1 is 1.08 bits per heavy atom. The van der Waals surface area contributed by atoms with E-state index in [1.54, 1.807) is 0 Å². The molecule has 0 unspecified atom stereocenters. The van der Waals surface area contributed by atoms with E-state index < -0.39 is 0 Å². The SMILES string of the molecule is CCc1ccccc1NC(=S)NNC(=S)N[C@@H]1CCC[C@H](C)[C@@H]1C. The minimum Gasteiger partial charge on any atom is -0.358 e. The first kappa shape index (κ1) is 18.9. The van der Waals surface area contributed by atoms with Crippen LogP contribution in [0.15, 0.2) is 24.3 Å². The van der Waals surface area contributed by atoms with E-state index in [9.17, 15) is 0 Å². The molecular formula is C18H28N4S2. The van der Waals surface area contributed by atoms with Crippen molar-refractivity contribution in [3.8, 4) is 0 Å². The molecule has 1 aromatic carbocycles. The molecule has 6 heteroatoms. The van der Waals surface area contributed by atoms with E-state index in [2.05, 4.69) is 48.3 Å². The van der Waals surface area contributed by atoms with Crippen LogP contribution in [0.5, 0.6) is 0 Å². The Hall–Kier alpha value is -1.40. The summed E-state index contributed by atoms with van der Waals surface area (Å²) < 4.78 is 0. The summed E-state index contributed by atoms with van der Waals surface area (Å²) in [5.74, 6) is 1.36. The molecule has 3 atom stereocenters. The zero-order chi connectivity index (χ0) is 17.5. The van der Waals surface area contributed by atoms with E-state index in [4.69, 9.17) is 24.4 Å². The van der Waals surface area contributed by atoms with Gasteiger partial charge in [0.25, 0.3) is 0 Å². The quantitative estimate of drug-likeness (QED) is 0.484. The molecule has 1 saturated carbocycles. The summed E-state index contributed by atoms with van der Waals surface area (Å²) in [6.45, 7) is 6.74. The lowest BCUT2D eigenvalue weighted by Gasteiger charge is -2.35. The molecule has 0 aliphatic heterocycles. The molecule has 0 saturated heterocycles. The molecule has 24 heavy (non-hydrogen) atoms. The molecule has 132 valence electrons. The van der Waals surface area contributed by atoms with Gasteiger partial charge in [-0.25, -0.2) is 0 Å². The van der Waals surface area contributed by atoms with Gasteiger partial charge in [0.05, 0.1) is 0 Å². The van der Waals surface area contributed by atoms with Gasteiger partial charge in [-0.05, 0) is 60.7 Å². The summed E-state index contributed by atoms with van der Waals surface area (Å²) in [6.07, 6.45) is 4.69. The first-order chi connectivity index (χ1) is 11.5. The predicted molar refractivity (Wildman–Crippen MR) is 110 cm³/mol. The van der Waals surface area contributed by atoms with Crippen LogP contribution in [-0.4, -0.2) is 16.3 Å². The molecule has 0 aromatic heterocycles. The van der Waals surface area contributed by atoms with Crippen molar-refractivity contribution < 1.29 is 0 Å². The molecule has 4 nitrogen and oxygen atoms in total. The molecule has 0 bridgehead atoms. The number of hydrogen-bond donors (Lipinski definition) is 4. The molecule has 4 N–H and O–H groups in total. The molecular weight excluding hydrogens is 336 g/mol. The number of anilines is 1. The Labute approximate surface area is 156 Å². The number of benzene rings is 1. The van der Waals surface area contributed by atoms with Crippen LogP contribution in [0, 0.1) is 11.8 Å². The Kier molecular flexibility index (Phi) is 7.24.